The van der Waals surface area contributed by atoms with Crippen LogP contribution in [0.15, 0.2) is 28.8 Å². The molecule has 0 saturated heterocycles. The van der Waals surface area contributed by atoms with Crippen molar-refractivity contribution in [2.75, 3.05) is 5.32 Å². The van der Waals surface area contributed by atoms with E-state index in [0.717, 1.165) is 12.1 Å². The number of aryl methyl sites for hydroxylation is 1. The van der Waals surface area contributed by atoms with E-state index in [1.54, 1.807) is 6.92 Å². The maximum atomic E-state index is 12.5. The van der Waals surface area contributed by atoms with E-state index in [4.69, 9.17) is 4.52 Å². The number of rotatable bonds is 3. The summed E-state index contributed by atoms with van der Waals surface area (Å²) in [4.78, 5) is 12.3. The zero-order chi connectivity index (χ0) is 16.5. The molecule has 4 nitrogen and oxygen atoms in total. The molecule has 1 heterocycles. The van der Waals surface area contributed by atoms with Crippen molar-refractivity contribution < 1.29 is 22.5 Å². The van der Waals surface area contributed by atoms with E-state index in [0.29, 0.717) is 17.0 Å². The van der Waals surface area contributed by atoms with Crippen molar-refractivity contribution in [2.24, 2.45) is 0 Å². The van der Waals surface area contributed by atoms with Gasteiger partial charge in [-0.15, -0.1) is 0 Å². The van der Waals surface area contributed by atoms with Gasteiger partial charge in [-0.05, 0) is 31.2 Å². The van der Waals surface area contributed by atoms with Crippen molar-refractivity contribution in [1.29, 1.82) is 0 Å². The van der Waals surface area contributed by atoms with Gasteiger partial charge >= 0.3 is 6.18 Å². The second-order valence-electron chi connectivity index (χ2n) is 5.19. The lowest BCUT2D eigenvalue weighted by Gasteiger charge is -2.09. The summed E-state index contributed by atoms with van der Waals surface area (Å²) in [7, 11) is 0. The molecular weight excluding hydrogens is 297 g/mol. The first-order chi connectivity index (χ1) is 10.2. The van der Waals surface area contributed by atoms with Crippen molar-refractivity contribution in [3.05, 3.63) is 46.8 Å². The van der Waals surface area contributed by atoms with E-state index in [9.17, 15) is 18.0 Å². The van der Waals surface area contributed by atoms with Crippen LogP contribution in [0.4, 0.5) is 18.9 Å². The van der Waals surface area contributed by atoms with Crippen molar-refractivity contribution >= 4 is 11.6 Å². The molecule has 0 unspecified atom stereocenters. The third-order valence-electron chi connectivity index (χ3n) is 3.11. The van der Waals surface area contributed by atoms with E-state index < -0.39 is 17.6 Å². The fourth-order valence-electron chi connectivity index (χ4n) is 1.99. The van der Waals surface area contributed by atoms with Gasteiger partial charge in [0.2, 0.25) is 0 Å². The zero-order valence-corrected chi connectivity index (χ0v) is 12.3. The van der Waals surface area contributed by atoms with Crippen LogP contribution in [0.2, 0.25) is 0 Å². The van der Waals surface area contributed by atoms with Gasteiger partial charge in [-0.3, -0.25) is 4.79 Å². The van der Waals surface area contributed by atoms with Gasteiger partial charge in [-0.1, -0.05) is 19.0 Å². The molecule has 118 valence electrons. The highest BCUT2D eigenvalue weighted by molar-refractivity contribution is 6.05. The lowest BCUT2D eigenvalue weighted by Crippen LogP contribution is -2.15. The SMILES string of the molecule is Cc1noc(C(C)C)c1C(=O)Nc1ccc(C(F)(F)F)cc1. The van der Waals surface area contributed by atoms with Gasteiger partial charge in [-0.25, -0.2) is 0 Å². The molecule has 0 radical (unpaired) electrons. The summed E-state index contributed by atoms with van der Waals surface area (Å²) in [6, 6.07) is 4.25. The zero-order valence-electron chi connectivity index (χ0n) is 12.3. The van der Waals surface area contributed by atoms with Gasteiger partial charge in [-0.2, -0.15) is 13.2 Å². The predicted molar refractivity (Wildman–Crippen MR) is 74.7 cm³/mol. The number of carbonyl (C=O) groups excluding carboxylic acids is 1. The number of aromatic nitrogens is 1. The third-order valence-corrected chi connectivity index (χ3v) is 3.11. The van der Waals surface area contributed by atoms with E-state index >= 15 is 0 Å². The van der Waals surface area contributed by atoms with E-state index in [2.05, 4.69) is 10.5 Å². The fraction of sp³-hybridized carbons (Fsp3) is 0.333. The van der Waals surface area contributed by atoms with Crippen molar-refractivity contribution in [2.45, 2.75) is 32.9 Å². The molecule has 0 aliphatic heterocycles. The lowest BCUT2D eigenvalue weighted by molar-refractivity contribution is -0.137. The maximum Gasteiger partial charge on any atom is 0.416 e. The topological polar surface area (TPSA) is 55.1 Å². The summed E-state index contributed by atoms with van der Waals surface area (Å²) in [6.45, 7) is 5.35. The number of alkyl halides is 3. The van der Waals surface area contributed by atoms with Crippen LogP contribution < -0.4 is 5.32 Å². The van der Waals surface area contributed by atoms with Crippen molar-refractivity contribution in [3.8, 4) is 0 Å². The van der Waals surface area contributed by atoms with E-state index in [1.165, 1.54) is 12.1 Å². The summed E-state index contributed by atoms with van der Waals surface area (Å²) in [5, 5.41) is 6.32. The normalized spacial score (nSPS) is 11.8. The average Bonchev–Trinajstić information content (AvgIpc) is 2.80. The van der Waals surface area contributed by atoms with Gasteiger partial charge in [0.1, 0.15) is 5.56 Å². The molecule has 7 heteroatoms. The summed E-state index contributed by atoms with van der Waals surface area (Å²) in [5.74, 6) is -0.0429. The molecule has 1 aromatic carbocycles. The number of anilines is 1. The number of carbonyl (C=O) groups is 1. The second-order valence-corrected chi connectivity index (χ2v) is 5.19. The summed E-state index contributed by atoms with van der Waals surface area (Å²) in [5.41, 5.74) is 0.255. The maximum absolute atomic E-state index is 12.5. The molecule has 0 fully saturated rings. The van der Waals surface area contributed by atoms with Gasteiger partial charge in [0, 0.05) is 11.6 Å². The largest absolute Gasteiger partial charge is 0.416 e. The minimum atomic E-state index is -4.40. The van der Waals surface area contributed by atoms with Crippen LogP contribution in [0.5, 0.6) is 0 Å². The molecule has 0 saturated carbocycles. The Hall–Kier alpha value is -2.31. The molecule has 22 heavy (non-hydrogen) atoms. The van der Waals surface area contributed by atoms with Crippen molar-refractivity contribution in [1.82, 2.24) is 5.16 Å². The fourth-order valence-corrected chi connectivity index (χ4v) is 1.99. The summed E-state index contributed by atoms with van der Waals surface area (Å²) < 4.78 is 42.6. The van der Waals surface area contributed by atoms with Crippen LogP contribution in [0, 0.1) is 6.92 Å². The van der Waals surface area contributed by atoms with Crippen LogP contribution in [0.25, 0.3) is 0 Å². The molecular formula is C15H15F3N2O2. The van der Waals surface area contributed by atoms with Crippen LogP contribution in [-0.2, 0) is 6.18 Å². The highest BCUT2D eigenvalue weighted by Gasteiger charge is 2.30. The molecule has 0 spiro atoms. The first-order valence-electron chi connectivity index (χ1n) is 6.65. The Morgan fingerprint density at radius 2 is 1.82 bits per heavy atom. The number of nitrogens with one attached hydrogen (secondary N) is 1. The van der Waals surface area contributed by atoms with Crippen LogP contribution in [-0.4, -0.2) is 11.1 Å². The molecule has 0 aliphatic carbocycles. The standard InChI is InChI=1S/C15H15F3N2O2/c1-8(2)13-12(9(3)20-22-13)14(21)19-11-6-4-10(5-7-11)15(16,17)18/h4-8H,1-3H3,(H,19,21). The Morgan fingerprint density at radius 1 is 1.23 bits per heavy atom. The number of benzene rings is 1. The number of halogens is 3. The van der Waals surface area contributed by atoms with Crippen molar-refractivity contribution in [3.63, 3.8) is 0 Å². The second kappa shape index (κ2) is 5.82. The molecule has 1 N–H and O–H groups in total. The van der Waals surface area contributed by atoms with Crippen LogP contribution in [0.1, 0.15) is 47.1 Å². The van der Waals surface area contributed by atoms with E-state index in [1.807, 2.05) is 13.8 Å². The average molecular weight is 312 g/mol. The first-order valence-corrected chi connectivity index (χ1v) is 6.65. The Kier molecular flexibility index (Phi) is 4.25. The number of hydrogen-bond acceptors (Lipinski definition) is 3. The Balaban J connectivity index is 2.21. The Labute approximate surface area is 125 Å². The molecule has 0 atom stereocenters. The molecule has 0 bridgehead atoms. The quantitative estimate of drug-likeness (QED) is 0.915. The van der Waals surface area contributed by atoms with Gasteiger partial charge in [0.15, 0.2) is 5.76 Å². The number of hydrogen-bond donors (Lipinski definition) is 1. The first kappa shape index (κ1) is 16.1. The number of amides is 1. The highest BCUT2D eigenvalue weighted by Crippen LogP contribution is 2.30. The highest BCUT2D eigenvalue weighted by atomic mass is 19.4. The van der Waals surface area contributed by atoms with Gasteiger partial charge in [0.25, 0.3) is 5.91 Å². The molecule has 1 amide bonds. The van der Waals surface area contributed by atoms with E-state index in [-0.39, 0.29) is 11.6 Å². The van der Waals surface area contributed by atoms with Gasteiger partial charge in [0.05, 0.1) is 11.3 Å². The van der Waals surface area contributed by atoms with Gasteiger partial charge < -0.3 is 9.84 Å². The predicted octanol–water partition coefficient (Wildman–Crippen LogP) is 4.38. The molecule has 2 rings (SSSR count). The minimum Gasteiger partial charge on any atom is -0.360 e. The lowest BCUT2D eigenvalue weighted by atomic mass is 10.0. The molecule has 2 aromatic rings. The molecule has 1 aromatic heterocycles. The minimum absolute atomic E-state index is 0.0328. The Morgan fingerprint density at radius 3 is 2.32 bits per heavy atom. The Bertz CT molecular complexity index is 673. The molecule has 0 aliphatic rings. The summed E-state index contributed by atoms with van der Waals surface area (Å²) in [6.07, 6.45) is -4.40. The van der Waals surface area contributed by atoms with Crippen LogP contribution in [0.3, 0.4) is 0 Å². The summed E-state index contributed by atoms with van der Waals surface area (Å²) >= 11 is 0. The van der Waals surface area contributed by atoms with Crippen LogP contribution >= 0.6 is 0 Å². The third kappa shape index (κ3) is 3.29. The monoisotopic (exact) mass is 312 g/mol. The smallest absolute Gasteiger partial charge is 0.360 e. The number of nitrogens with zero attached hydrogens (tertiary/aromatic N) is 1.